The molecule has 0 aromatic rings. The maximum absolute atomic E-state index is 11.0. The Kier molecular flexibility index (Phi) is 7.53. The van der Waals surface area contributed by atoms with E-state index < -0.39 is 18.1 Å². The Labute approximate surface area is 56.7 Å². The van der Waals surface area contributed by atoms with Crippen molar-refractivity contribution in [2.45, 2.75) is 6.18 Å². The molecule has 0 amide bonds. The molecule has 0 bridgehead atoms. The summed E-state index contributed by atoms with van der Waals surface area (Å²) in [6.45, 7) is 0. The maximum atomic E-state index is 11.0. The lowest BCUT2D eigenvalue weighted by Crippen LogP contribution is -2.08. The summed E-state index contributed by atoms with van der Waals surface area (Å²) in [5.74, 6) is -3.33. The minimum atomic E-state index is -5.56. The van der Waals surface area contributed by atoms with Crippen molar-refractivity contribution in [2.75, 3.05) is 0 Å². The fourth-order valence-electron chi connectivity index (χ4n) is 0.107. The summed E-state index contributed by atoms with van der Waals surface area (Å²) in [5, 5.41) is 0. The lowest BCUT2D eigenvalue weighted by Gasteiger charge is -1.98. The molecule has 0 saturated heterocycles. The SMILES string of the molecule is FC(F)=C(F)C(F)(F)F.O.O. The Balaban J connectivity index is -0.000000320. The van der Waals surface area contributed by atoms with E-state index in [4.69, 9.17) is 0 Å². The highest BCUT2D eigenvalue weighted by atomic mass is 19.4. The minimum absolute atomic E-state index is 0. The summed E-state index contributed by atoms with van der Waals surface area (Å²) >= 11 is 0. The topological polar surface area (TPSA) is 63.0 Å². The molecule has 0 spiro atoms. The van der Waals surface area contributed by atoms with Crippen LogP contribution in [0, 0.1) is 0 Å². The summed E-state index contributed by atoms with van der Waals surface area (Å²) in [6.07, 6.45) is -8.90. The van der Waals surface area contributed by atoms with Gasteiger partial charge in [-0.05, 0) is 0 Å². The Morgan fingerprint density at radius 3 is 1.09 bits per heavy atom. The van der Waals surface area contributed by atoms with Gasteiger partial charge in [-0.15, -0.1) is 0 Å². The van der Waals surface area contributed by atoms with E-state index in [0.717, 1.165) is 0 Å². The van der Waals surface area contributed by atoms with Gasteiger partial charge >= 0.3 is 12.3 Å². The number of alkyl halides is 3. The van der Waals surface area contributed by atoms with Gasteiger partial charge in [-0.1, -0.05) is 0 Å². The van der Waals surface area contributed by atoms with Crippen molar-refractivity contribution in [3.8, 4) is 0 Å². The van der Waals surface area contributed by atoms with Gasteiger partial charge in [-0.25, -0.2) is 0 Å². The van der Waals surface area contributed by atoms with Crippen molar-refractivity contribution >= 4 is 0 Å². The van der Waals surface area contributed by atoms with Gasteiger partial charge in [0.25, 0.3) is 5.83 Å². The molecule has 0 saturated carbocycles. The average Bonchev–Trinajstić information content (AvgIpc) is 1.62. The number of hydrogen-bond donors (Lipinski definition) is 0. The molecule has 0 aliphatic carbocycles. The lowest BCUT2D eigenvalue weighted by atomic mass is 10.6. The predicted octanol–water partition coefficient (Wildman–Crippen LogP) is 0.977. The molecule has 0 aliphatic heterocycles. The van der Waals surface area contributed by atoms with E-state index in [0.29, 0.717) is 0 Å². The third-order valence-corrected chi connectivity index (χ3v) is 0.415. The first-order valence-electron chi connectivity index (χ1n) is 1.63. The first-order valence-corrected chi connectivity index (χ1v) is 1.63. The van der Waals surface area contributed by atoms with Crippen LogP contribution in [0.4, 0.5) is 26.3 Å². The quantitative estimate of drug-likeness (QED) is 0.506. The van der Waals surface area contributed by atoms with Crippen molar-refractivity contribution in [3.05, 3.63) is 11.9 Å². The zero-order valence-corrected chi connectivity index (χ0v) is 4.77. The van der Waals surface area contributed by atoms with Gasteiger partial charge in [0, 0.05) is 0 Å². The van der Waals surface area contributed by atoms with Crippen molar-refractivity contribution in [2.24, 2.45) is 0 Å². The standard InChI is InChI=1S/C3F6.2H2O/c4-1(2(5)6)3(7,8)9;;/h;2*1H2. The van der Waals surface area contributed by atoms with Crippen LogP contribution in [0.2, 0.25) is 0 Å². The van der Waals surface area contributed by atoms with Crippen LogP contribution in [0.15, 0.2) is 11.9 Å². The first kappa shape index (κ1) is 16.7. The molecule has 11 heavy (non-hydrogen) atoms. The van der Waals surface area contributed by atoms with Crippen LogP contribution in [0.3, 0.4) is 0 Å². The largest absolute Gasteiger partial charge is 0.448 e. The van der Waals surface area contributed by atoms with Crippen molar-refractivity contribution in [3.63, 3.8) is 0 Å². The summed E-state index contributed by atoms with van der Waals surface area (Å²) in [5.41, 5.74) is 0. The van der Waals surface area contributed by atoms with Crippen molar-refractivity contribution in [1.82, 2.24) is 0 Å². The molecule has 2 nitrogen and oxygen atoms in total. The Hall–Kier alpha value is -0.760. The second-order valence-corrected chi connectivity index (χ2v) is 1.07. The monoisotopic (exact) mass is 186 g/mol. The molecule has 70 valence electrons. The van der Waals surface area contributed by atoms with Crippen LogP contribution >= 0.6 is 0 Å². The van der Waals surface area contributed by atoms with Crippen LogP contribution in [0.5, 0.6) is 0 Å². The molecule has 0 radical (unpaired) electrons. The van der Waals surface area contributed by atoms with E-state index in [-0.39, 0.29) is 11.0 Å². The fraction of sp³-hybridized carbons (Fsp3) is 0.333. The second kappa shape index (κ2) is 4.97. The normalized spacial score (nSPS) is 9.27. The van der Waals surface area contributed by atoms with E-state index in [1.165, 1.54) is 0 Å². The summed E-state index contributed by atoms with van der Waals surface area (Å²) in [7, 11) is 0. The van der Waals surface area contributed by atoms with Gasteiger partial charge in [-0.3, -0.25) is 0 Å². The Morgan fingerprint density at radius 1 is 0.818 bits per heavy atom. The van der Waals surface area contributed by atoms with Crippen LogP contribution in [-0.2, 0) is 0 Å². The second-order valence-electron chi connectivity index (χ2n) is 1.07. The van der Waals surface area contributed by atoms with Gasteiger partial charge in [0.05, 0.1) is 0 Å². The molecule has 4 N–H and O–H groups in total. The van der Waals surface area contributed by atoms with Crippen LogP contribution in [0.1, 0.15) is 0 Å². The Bertz CT molecular complexity index is 133. The fourth-order valence-corrected chi connectivity index (χ4v) is 0.107. The maximum Gasteiger partial charge on any atom is 0.448 e. The molecule has 0 aromatic heterocycles. The highest BCUT2D eigenvalue weighted by molar-refractivity contribution is 4.98. The zero-order chi connectivity index (χ0) is 7.65. The van der Waals surface area contributed by atoms with Gasteiger partial charge in [0.2, 0.25) is 0 Å². The van der Waals surface area contributed by atoms with Gasteiger partial charge in [0.1, 0.15) is 0 Å². The van der Waals surface area contributed by atoms with E-state index in [2.05, 4.69) is 0 Å². The molecule has 0 fully saturated rings. The van der Waals surface area contributed by atoms with Gasteiger partial charge in [-0.2, -0.15) is 26.3 Å². The molecular weight excluding hydrogens is 182 g/mol. The van der Waals surface area contributed by atoms with Crippen LogP contribution in [-0.4, -0.2) is 17.1 Å². The summed E-state index contributed by atoms with van der Waals surface area (Å²) in [6, 6.07) is 0. The predicted molar refractivity (Wildman–Crippen MR) is 23.6 cm³/mol. The number of halogens is 6. The minimum Gasteiger partial charge on any atom is -0.412 e. The average molecular weight is 186 g/mol. The first-order chi connectivity index (χ1) is 3.85. The molecule has 0 aliphatic rings. The number of rotatable bonds is 0. The Morgan fingerprint density at radius 2 is 1.09 bits per heavy atom. The number of allylic oxidation sites excluding steroid dienone is 1. The molecule has 0 aromatic carbocycles. The molecule has 0 atom stereocenters. The molecule has 0 rings (SSSR count). The van der Waals surface area contributed by atoms with E-state index in [1.807, 2.05) is 0 Å². The van der Waals surface area contributed by atoms with E-state index in [1.54, 1.807) is 0 Å². The highest BCUT2D eigenvalue weighted by Gasteiger charge is 2.38. The van der Waals surface area contributed by atoms with E-state index in [9.17, 15) is 26.3 Å². The molecule has 0 unspecified atom stereocenters. The third-order valence-electron chi connectivity index (χ3n) is 0.415. The molecular formula is C3H4F6O2. The van der Waals surface area contributed by atoms with Crippen molar-refractivity contribution in [1.29, 1.82) is 0 Å². The van der Waals surface area contributed by atoms with Gasteiger partial charge in [0.15, 0.2) is 0 Å². The smallest absolute Gasteiger partial charge is 0.412 e. The molecule has 8 heteroatoms. The van der Waals surface area contributed by atoms with E-state index >= 15 is 0 Å². The lowest BCUT2D eigenvalue weighted by molar-refractivity contribution is -0.113. The third kappa shape index (κ3) is 5.67. The van der Waals surface area contributed by atoms with Crippen LogP contribution in [0.25, 0.3) is 0 Å². The van der Waals surface area contributed by atoms with Gasteiger partial charge < -0.3 is 11.0 Å². The zero-order valence-electron chi connectivity index (χ0n) is 4.77. The summed E-state index contributed by atoms with van der Waals surface area (Å²) in [4.78, 5) is 0. The molecule has 0 heterocycles. The summed E-state index contributed by atoms with van der Waals surface area (Å²) < 4.78 is 64.8. The van der Waals surface area contributed by atoms with Crippen LogP contribution < -0.4 is 0 Å². The highest BCUT2D eigenvalue weighted by Crippen LogP contribution is 2.29. The number of hydrogen-bond acceptors (Lipinski definition) is 0. The van der Waals surface area contributed by atoms with Crippen molar-refractivity contribution < 1.29 is 37.3 Å².